The molecule has 1 aliphatic carbocycles. The van der Waals surface area contributed by atoms with Crippen molar-refractivity contribution < 1.29 is 9.90 Å². The van der Waals surface area contributed by atoms with E-state index in [0.717, 1.165) is 19.3 Å². The lowest BCUT2D eigenvalue weighted by atomic mass is 9.79. The van der Waals surface area contributed by atoms with Crippen molar-refractivity contribution in [2.45, 2.75) is 51.6 Å². The molecule has 2 unspecified atom stereocenters. The zero-order chi connectivity index (χ0) is 12.7. The third kappa shape index (κ3) is 5.26. The van der Waals surface area contributed by atoms with Crippen LogP contribution in [0, 0.1) is 11.8 Å². The fourth-order valence-electron chi connectivity index (χ4n) is 2.62. The lowest BCUT2D eigenvalue weighted by Gasteiger charge is -2.28. The Morgan fingerprint density at radius 2 is 2.29 bits per heavy atom. The highest BCUT2D eigenvalue weighted by Crippen LogP contribution is 2.31. The van der Waals surface area contributed by atoms with Crippen molar-refractivity contribution in [2.24, 2.45) is 11.8 Å². The molecule has 2 N–H and O–H groups in total. The van der Waals surface area contributed by atoms with E-state index >= 15 is 0 Å². The maximum Gasteiger partial charge on any atom is 0.223 e. The zero-order valence-electron chi connectivity index (χ0n) is 10.6. The molecule has 1 fully saturated rings. The topological polar surface area (TPSA) is 49.3 Å². The van der Waals surface area contributed by atoms with Crippen molar-refractivity contribution in [3.63, 3.8) is 0 Å². The summed E-state index contributed by atoms with van der Waals surface area (Å²) in [6, 6.07) is 0. The first-order valence-electron chi connectivity index (χ1n) is 6.69. The minimum Gasteiger partial charge on any atom is -0.390 e. The Balaban J connectivity index is 2.30. The molecule has 3 atom stereocenters. The van der Waals surface area contributed by atoms with E-state index in [4.69, 9.17) is 11.6 Å². The first-order valence-corrected chi connectivity index (χ1v) is 7.22. The first kappa shape index (κ1) is 14.8. The molecule has 1 rings (SSSR count). The number of carbonyl (C=O) groups is 1. The number of hydrogen-bond acceptors (Lipinski definition) is 2. The highest BCUT2D eigenvalue weighted by Gasteiger charge is 2.26. The van der Waals surface area contributed by atoms with Crippen molar-refractivity contribution in [3.8, 4) is 0 Å². The number of rotatable bonds is 6. The molecule has 0 radical (unpaired) electrons. The molecule has 0 aliphatic heterocycles. The third-order valence-electron chi connectivity index (χ3n) is 3.54. The van der Waals surface area contributed by atoms with Crippen molar-refractivity contribution in [2.75, 3.05) is 12.4 Å². The third-order valence-corrected chi connectivity index (χ3v) is 3.90. The minimum atomic E-state index is -0.629. The van der Waals surface area contributed by atoms with Gasteiger partial charge in [0.05, 0.1) is 12.0 Å². The number of nitrogens with one attached hydrogen (secondary N) is 1. The van der Waals surface area contributed by atoms with Gasteiger partial charge in [0.25, 0.3) is 0 Å². The molecule has 0 spiro atoms. The van der Waals surface area contributed by atoms with Crippen LogP contribution in [-0.4, -0.2) is 29.5 Å². The summed E-state index contributed by atoms with van der Waals surface area (Å²) in [5.74, 6) is 1.11. The predicted molar refractivity (Wildman–Crippen MR) is 70.1 cm³/mol. The average Bonchev–Trinajstić information content (AvgIpc) is 2.36. The Kier molecular flexibility index (Phi) is 6.90. The molecule has 1 amide bonds. The molecule has 1 saturated carbocycles. The molecule has 4 heteroatoms. The molecule has 0 bridgehead atoms. The van der Waals surface area contributed by atoms with Gasteiger partial charge in [-0.05, 0) is 18.8 Å². The molecule has 17 heavy (non-hydrogen) atoms. The maximum absolute atomic E-state index is 11.9. The molecule has 100 valence electrons. The highest BCUT2D eigenvalue weighted by atomic mass is 35.5. The summed E-state index contributed by atoms with van der Waals surface area (Å²) in [7, 11) is 0. The summed E-state index contributed by atoms with van der Waals surface area (Å²) in [6.07, 6.45) is 6.22. The molecule has 1 aliphatic rings. The molecular weight excluding hydrogens is 238 g/mol. The quantitative estimate of drug-likeness (QED) is 0.721. The number of hydrogen-bond donors (Lipinski definition) is 2. The van der Waals surface area contributed by atoms with Crippen molar-refractivity contribution in [1.29, 1.82) is 0 Å². The van der Waals surface area contributed by atoms with Crippen LogP contribution in [0.2, 0.25) is 0 Å². The molecular formula is C13H24ClNO2. The van der Waals surface area contributed by atoms with Gasteiger partial charge in [-0.3, -0.25) is 4.79 Å². The van der Waals surface area contributed by atoms with Gasteiger partial charge in [-0.15, -0.1) is 11.6 Å². The van der Waals surface area contributed by atoms with Gasteiger partial charge in [-0.1, -0.05) is 32.6 Å². The number of amides is 1. The highest BCUT2D eigenvalue weighted by molar-refractivity contribution is 6.18. The standard InChI is InChI=1S/C13H24ClNO2/c1-2-4-10-5-3-6-11(7-10)13(17)15-9-12(16)8-14/h10-12,16H,2-9H2,1H3,(H,15,17)/t10?,11?,12-/m1/s1. The second-order valence-electron chi connectivity index (χ2n) is 5.07. The minimum absolute atomic E-state index is 0.0926. The van der Waals surface area contributed by atoms with Crippen LogP contribution in [0.5, 0.6) is 0 Å². The van der Waals surface area contributed by atoms with Crippen LogP contribution in [0.3, 0.4) is 0 Å². The molecule has 0 aromatic heterocycles. The van der Waals surface area contributed by atoms with E-state index in [1.54, 1.807) is 0 Å². The van der Waals surface area contributed by atoms with E-state index in [0.29, 0.717) is 5.92 Å². The van der Waals surface area contributed by atoms with Crippen LogP contribution in [0.15, 0.2) is 0 Å². The Bertz CT molecular complexity index is 233. The second kappa shape index (κ2) is 7.93. The van der Waals surface area contributed by atoms with Gasteiger partial charge in [-0.2, -0.15) is 0 Å². The van der Waals surface area contributed by atoms with E-state index in [9.17, 15) is 9.90 Å². The van der Waals surface area contributed by atoms with Crippen LogP contribution in [0.25, 0.3) is 0 Å². The van der Waals surface area contributed by atoms with Crippen molar-refractivity contribution in [3.05, 3.63) is 0 Å². The summed E-state index contributed by atoms with van der Waals surface area (Å²) < 4.78 is 0. The van der Waals surface area contributed by atoms with Gasteiger partial charge < -0.3 is 10.4 Å². The number of halogens is 1. The van der Waals surface area contributed by atoms with Gasteiger partial charge in [0.15, 0.2) is 0 Å². The number of carbonyl (C=O) groups excluding carboxylic acids is 1. The predicted octanol–water partition coefficient (Wildman–Crippen LogP) is 2.31. The van der Waals surface area contributed by atoms with E-state index in [2.05, 4.69) is 12.2 Å². The maximum atomic E-state index is 11.9. The van der Waals surface area contributed by atoms with Crippen LogP contribution in [0.1, 0.15) is 45.4 Å². The summed E-state index contributed by atoms with van der Waals surface area (Å²) in [5.41, 5.74) is 0. The van der Waals surface area contributed by atoms with Gasteiger partial charge >= 0.3 is 0 Å². The van der Waals surface area contributed by atoms with Crippen LogP contribution in [-0.2, 0) is 4.79 Å². The number of alkyl halides is 1. The fourth-order valence-corrected chi connectivity index (χ4v) is 2.73. The zero-order valence-corrected chi connectivity index (χ0v) is 11.4. The Hall–Kier alpha value is -0.280. The largest absolute Gasteiger partial charge is 0.390 e. The van der Waals surface area contributed by atoms with Gasteiger partial charge in [0.2, 0.25) is 5.91 Å². The molecule has 0 aromatic rings. The van der Waals surface area contributed by atoms with E-state index in [1.165, 1.54) is 19.3 Å². The average molecular weight is 262 g/mol. The van der Waals surface area contributed by atoms with E-state index in [-0.39, 0.29) is 24.2 Å². The Morgan fingerprint density at radius 1 is 1.53 bits per heavy atom. The van der Waals surface area contributed by atoms with Crippen LogP contribution >= 0.6 is 11.6 Å². The van der Waals surface area contributed by atoms with Crippen LogP contribution < -0.4 is 5.32 Å². The summed E-state index contributed by atoms with van der Waals surface area (Å²) in [4.78, 5) is 11.9. The van der Waals surface area contributed by atoms with Gasteiger partial charge in [0, 0.05) is 12.5 Å². The molecule has 3 nitrogen and oxygen atoms in total. The Labute approximate surface area is 109 Å². The monoisotopic (exact) mass is 261 g/mol. The molecule has 0 heterocycles. The smallest absolute Gasteiger partial charge is 0.223 e. The normalized spacial score (nSPS) is 26.5. The summed E-state index contributed by atoms with van der Waals surface area (Å²) in [6.45, 7) is 2.47. The van der Waals surface area contributed by atoms with Gasteiger partial charge in [-0.25, -0.2) is 0 Å². The van der Waals surface area contributed by atoms with E-state index in [1.807, 2.05) is 0 Å². The number of aliphatic hydroxyl groups excluding tert-OH is 1. The second-order valence-corrected chi connectivity index (χ2v) is 5.38. The van der Waals surface area contributed by atoms with Gasteiger partial charge in [0.1, 0.15) is 0 Å². The summed E-state index contributed by atoms with van der Waals surface area (Å²) in [5, 5.41) is 12.1. The Morgan fingerprint density at radius 3 is 2.94 bits per heavy atom. The SMILES string of the molecule is CCCC1CCCC(C(=O)NC[C@H](O)CCl)C1. The number of aliphatic hydroxyl groups is 1. The molecule has 0 aromatic carbocycles. The fraction of sp³-hybridized carbons (Fsp3) is 0.923. The molecule has 0 saturated heterocycles. The van der Waals surface area contributed by atoms with Crippen molar-refractivity contribution in [1.82, 2.24) is 5.32 Å². The summed E-state index contributed by atoms with van der Waals surface area (Å²) >= 11 is 5.48. The van der Waals surface area contributed by atoms with E-state index < -0.39 is 6.10 Å². The van der Waals surface area contributed by atoms with Crippen molar-refractivity contribution >= 4 is 17.5 Å². The lowest BCUT2D eigenvalue weighted by Crippen LogP contribution is -2.38. The lowest BCUT2D eigenvalue weighted by molar-refractivity contribution is -0.126. The van der Waals surface area contributed by atoms with Crippen LogP contribution in [0.4, 0.5) is 0 Å². The first-order chi connectivity index (χ1) is 8.17.